The summed E-state index contributed by atoms with van der Waals surface area (Å²) in [5.41, 5.74) is 8.43. The van der Waals surface area contributed by atoms with Gasteiger partial charge in [-0.15, -0.1) is 0 Å². The fourth-order valence-corrected chi connectivity index (χ4v) is 1.98. The molecule has 2 aromatic carbocycles. The summed E-state index contributed by atoms with van der Waals surface area (Å²) in [4.78, 5) is 33.0. The van der Waals surface area contributed by atoms with E-state index in [-0.39, 0.29) is 17.9 Å². The van der Waals surface area contributed by atoms with Crippen molar-refractivity contribution in [2.45, 2.75) is 6.92 Å². The van der Waals surface area contributed by atoms with Crippen LogP contribution in [0.25, 0.3) is 0 Å². The molecule has 2 aromatic rings. The lowest BCUT2D eigenvalue weighted by Gasteiger charge is -2.03. The minimum Gasteiger partial charge on any atom is -0.484 e. The topological polar surface area (TPSA) is 137 Å². The molecule has 9 nitrogen and oxygen atoms in total. The Balaban J connectivity index is 1.97. The number of nitro groups is 1. The van der Waals surface area contributed by atoms with Crippen molar-refractivity contribution in [3.05, 3.63) is 69.3 Å². The molecule has 0 heterocycles. The normalized spacial score (nSPS) is 10.5. The van der Waals surface area contributed by atoms with E-state index >= 15 is 0 Å². The first-order valence-electron chi connectivity index (χ1n) is 7.46. The maximum Gasteiger partial charge on any atom is 0.273 e. The Kier molecular flexibility index (Phi) is 5.99. The number of amides is 2. The van der Waals surface area contributed by atoms with Gasteiger partial charge in [-0.2, -0.15) is 5.10 Å². The van der Waals surface area contributed by atoms with Crippen LogP contribution in [-0.4, -0.2) is 29.6 Å². The van der Waals surface area contributed by atoms with Gasteiger partial charge < -0.3 is 10.5 Å². The molecule has 26 heavy (non-hydrogen) atoms. The van der Waals surface area contributed by atoms with Crippen molar-refractivity contribution in [1.29, 1.82) is 0 Å². The molecule has 0 atom stereocenters. The Hall–Kier alpha value is -3.75. The lowest BCUT2D eigenvalue weighted by molar-refractivity contribution is -0.385. The lowest BCUT2D eigenvalue weighted by atomic mass is 10.1. The number of hydrazone groups is 1. The highest BCUT2D eigenvalue weighted by Crippen LogP contribution is 2.19. The Morgan fingerprint density at radius 1 is 1.27 bits per heavy atom. The minimum atomic E-state index is -0.574. The van der Waals surface area contributed by atoms with Crippen molar-refractivity contribution in [2.24, 2.45) is 10.8 Å². The number of aryl methyl sites for hydroxylation is 1. The van der Waals surface area contributed by atoms with E-state index < -0.39 is 16.7 Å². The van der Waals surface area contributed by atoms with E-state index in [0.717, 1.165) is 0 Å². The van der Waals surface area contributed by atoms with Gasteiger partial charge in [0.15, 0.2) is 6.61 Å². The van der Waals surface area contributed by atoms with Gasteiger partial charge in [-0.1, -0.05) is 6.07 Å². The van der Waals surface area contributed by atoms with Gasteiger partial charge in [-0.25, -0.2) is 5.43 Å². The van der Waals surface area contributed by atoms with E-state index in [1.807, 2.05) is 0 Å². The predicted molar refractivity (Wildman–Crippen MR) is 94.0 cm³/mol. The van der Waals surface area contributed by atoms with Crippen LogP contribution in [0.1, 0.15) is 21.5 Å². The monoisotopic (exact) mass is 356 g/mol. The molecule has 0 unspecified atom stereocenters. The molecule has 0 saturated heterocycles. The van der Waals surface area contributed by atoms with Crippen LogP contribution in [0.3, 0.4) is 0 Å². The minimum absolute atomic E-state index is 0.131. The van der Waals surface area contributed by atoms with E-state index in [4.69, 9.17) is 10.5 Å². The molecule has 0 saturated carbocycles. The molecule has 0 aromatic heterocycles. The Morgan fingerprint density at radius 2 is 1.96 bits per heavy atom. The summed E-state index contributed by atoms with van der Waals surface area (Å²) in [6.45, 7) is 1.38. The van der Waals surface area contributed by atoms with Crippen molar-refractivity contribution in [3.63, 3.8) is 0 Å². The zero-order valence-electron chi connectivity index (χ0n) is 13.8. The summed E-state index contributed by atoms with van der Waals surface area (Å²) >= 11 is 0. The number of nitro benzene ring substituents is 1. The van der Waals surface area contributed by atoms with Gasteiger partial charge in [0.1, 0.15) is 5.75 Å². The SMILES string of the molecule is Cc1ccc(C(=O)N/N=C/c2ccc(OCC(N)=O)cc2)cc1[N+](=O)[O-]. The standard InChI is InChI=1S/C17H16N4O5/c1-11-2-5-13(8-15(11)21(24)25)17(23)20-19-9-12-3-6-14(7-4-12)26-10-16(18)22/h2-9H,10H2,1H3,(H2,18,22)(H,20,23)/b19-9+. The van der Waals surface area contributed by atoms with Gasteiger partial charge in [-0.05, 0) is 42.8 Å². The molecule has 0 radical (unpaired) electrons. The number of hydrogen-bond donors (Lipinski definition) is 2. The molecule has 0 aliphatic rings. The molecule has 0 fully saturated rings. The molecule has 9 heteroatoms. The number of hydrogen-bond acceptors (Lipinski definition) is 6. The van der Waals surface area contributed by atoms with Crippen LogP contribution in [0.15, 0.2) is 47.6 Å². The average molecular weight is 356 g/mol. The number of nitrogens with two attached hydrogens (primary N) is 1. The third-order valence-corrected chi connectivity index (χ3v) is 3.31. The maximum atomic E-state index is 12.0. The van der Waals surface area contributed by atoms with Crippen LogP contribution < -0.4 is 15.9 Å². The molecule has 0 aliphatic carbocycles. The van der Waals surface area contributed by atoms with Crippen LogP contribution in [0.5, 0.6) is 5.75 Å². The van der Waals surface area contributed by atoms with Crippen molar-refractivity contribution >= 4 is 23.7 Å². The average Bonchev–Trinajstić information content (AvgIpc) is 2.61. The number of nitrogens with one attached hydrogen (secondary N) is 1. The van der Waals surface area contributed by atoms with E-state index in [1.165, 1.54) is 24.4 Å². The Labute approximate surface area is 148 Å². The maximum absolute atomic E-state index is 12.0. The second-order valence-corrected chi connectivity index (χ2v) is 5.28. The number of carbonyl (C=O) groups is 2. The first-order chi connectivity index (χ1) is 12.4. The van der Waals surface area contributed by atoms with Gasteiger partial charge in [0.25, 0.3) is 17.5 Å². The fourth-order valence-electron chi connectivity index (χ4n) is 1.98. The third-order valence-electron chi connectivity index (χ3n) is 3.31. The number of rotatable bonds is 7. The van der Waals surface area contributed by atoms with Gasteiger partial charge in [0.2, 0.25) is 0 Å². The smallest absolute Gasteiger partial charge is 0.273 e. The van der Waals surface area contributed by atoms with Crippen LogP contribution in [-0.2, 0) is 4.79 Å². The number of primary amides is 1. The van der Waals surface area contributed by atoms with Crippen LogP contribution in [0.2, 0.25) is 0 Å². The number of nitrogens with zero attached hydrogens (tertiary/aromatic N) is 2. The largest absolute Gasteiger partial charge is 0.484 e. The summed E-state index contributed by atoms with van der Waals surface area (Å²) < 4.78 is 5.12. The van der Waals surface area contributed by atoms with Crippen molar-refractivity contribution in [3.8, 4) is 5.75 Å². The first kappa shape index (κ1) is 18.6. The summed E-state index contributed by atoms with van der Waals surface area (Å²) in [6.07, 6.45) is 1.40. The summed E-state index contributed by atoms with van der Waals surface area (Å²) in [6, 6.07) is 10.8. The predicted octanol–water partition coefficient (Wildman–Crippen LogP) is 1.53. The van der Waals surface area contributed by atoms with E-state index in [9.17, 15) is 19.7 Å². The van der Waals surface area contributed by atoms with E-state index in [2.05, 4.69) is 10.5 Å². The van der Waals surface area contributed by atoms with Gasteiger partial charge >= 0.3 is 0 Å². The molecular weight excluding hydrogens is 340 g/mol. The molecule has 3 N–H and O–H groups in total. The van der Waals surface area contributed by atoms with Gasteiger partial charge in [0.05, 0.1) is 11.1 Å². The fraction of sp³-hybridized carbons (Fsp3) is 0.118. The molecule has 2 amide bonds. The Bertz CT molecular complexity index is 862. The molecular formula is C17H16N4O5. The van der Waals surface area contributed by atoms with Crippen LogP contribution in [0, 0.1) is 17.0 Å². The first-order valence-corrected chi connectivity index (χ1v) is 7.46. The highest BCUT2D eigenvalue weighted by Gasteiger charge is 2.14. The molecule has 0 spiro atoms. The quantitative estimate of drug-likeness (QED) is 0.440. The third kappa shape index (κ3) is 5.13. The van der Waals surface area contributed by atoms with Gasteiger partial charge in [-0.3, -0.25) is 19.7 Å². The second-order valence-electron chi connectivity index (χ2n) is 5.28. The van der Waals surface area contributed by atoms with E-state index in [0.29, 0.717) is 16.9 Å². The summed E-state index contributed by atoms with van der Waals surface area (Å²) in [7, 11) is 0. The van der Waals surface area contributed by atoms with Crippen molar-refractivity contribution < 1.29 is 19.2 Å². The zero-order valence-corrected chi connectivity index (χ0v) is 13.8. The van der Waals surface area contributed by atoms with Crippen molar-refractivity contribution in [1.82, 2.24) is 5.43 Å². The molecule has 0 bridgehead atoms. The van der Waals surface area contributed by atoms with Crippen LogP contribution in [0.4, 0.5) is 5.69 Å². The lowest BCUT2D eigenvalue weighted by Crippen LogP contribution is -2.20. The van der Waals surface area contributed by atoms with E-state index in [1.54, 1.807) is 31.2 Å². The van der Waals surface area contributed by atoms with Gasteiger partial charge in [0, 0.05) is 17.2 Å². The zero-order chi connectivity index (χ0) is 19.1. The molecule has 0 aliphatic heterocycles. The van der Waals surface area contributed by atoms with Crippen molar-refractivity contribution in [2.75, 3.05) is 6.61 Å². The number of ether oxygens (including phenoxy) is 1. The van der Waals surface area contributed by atoms with Crippen LogP contribution >= 0.6 is 0 Å². The number of benzene rings is 2. The summed E-state index contributed by atoms with van der Waals surface area (Å²) in [5, 5.41) is 14.7. The number of carbonyl (C=O) groups excluding carboxylic acids is 2. The highest BCUT2D eigenvalue weighted by molar-refractivity contribution is 5.95. The summed E-state index contributed by atoms with van der Waals surface area (Å²) in [5.74, 6) is -0.669. The Morgan fingerprint density at radius 3 is 2.58 bits per heavy atom. The molecule has 2 rings (SSSR count). The highest BCUT2D eigenvalue weighted by atomic mass is 16.6. The second kappa shape index (κ2) is 8.38. The molecule has 134 valence electrons.